The SMILES string of the molecule is COS(=O)(=O)c1c[c-]ccc1C.Cc1cc[c-]cc1CS(=O)(=O)O.[Y]. The van der Waals surface area contributed by atoms with Crippen molar-refractivity contribution >= 4 is 20.2 Å². The maximum atomic E-state index is 11.2. The second-order valence-corrected chi connectivity index (χ2v) is 8.03. The van der Waals surface area contributed by atoms with Crippen molar-refractivity contribution in [1.82, 2.24) is 0 Å². The second kappa shape index (κ2) is 10.5. The molecule has 6 nitrogen and oxygen atoms in total. The van der Waals surface area contributed by atoms with E-state index >= 15 is 0 Å². The Kier molecular flexibility index (Phi) is 10.2. The van der Waals surface area contributed by atoms with Gasteiger partial charge in [0.15, 0.2) is 0 Å². The molecule has 0 saturated carbocycles. The average molecular weight is 459 g/mol. The molecule has 0 bridgehead atoms. The molecule has 1 N–H and O–H groups in total. The second-order valence-electron chi connectivity index (χ2n) is 4.89. The smallest absolute Gasteiger partial charge is 0.258 e. The number of aryl methyl sites for hydroxylation is 2. The molecule has 2 aromatic carbocycles. The molecule has 0 unspecified atom stereocenters. The standard InChI is InChI=1S/2C8H9O3S.Y/c1-7-5-3-4-6-8(7)12(9,10)11-2;1-7-4-2-3-5-8(7)6-12(9,10)11;/h3,5-6H,1-2H3;2,4-5H,6H2,1H3,(H,9,10,11);/q2*-1;. The molecule has 0 atom stereocenters. The molecule has 0 aliphatic carbocycles. The molecule has 0 aliphatic heterocycles. The van der Waals surface area contributed by atoms with Crippen LogP contribution < -0.4 is 0 Å². The minimum atomic E-state index is -3.92. The van der Waals surface area contributed by atoms with Gasteiger partial charge in [-0.15, -0.1) is 11.1 Å². The van der Waals surface area contributed by atoms with Crippen molar-refractivity contribution < 1.29 is 58.3 Å². The van der Waals surface area contributed by atoms with E-state index in [-0.39, 0.29) is 43.4 Å². The summed E-state index contributed by atoms with van der Waals surface area (Å²) < 4.78 is 56.3. The van der Waals surface area contributed by atoms with Crippen molar-refractivity contribution in [3.05, 3.63) is 65.2 Å². The largest absolute Gasteiger partial charge is 0.286 e. The predicted molar refractivity (Wildman–Crippen MR) is 89.5 cm³/mol. The topological polar surface area (TPSA) is 97.7 Å². The van der Waals surface area contributed by atoms with Gasteiger partial charge in [-0.3, -0.25) is 8.74 Å². The minimum absolute atomic E-state index is 0. The van der Waals surface area contributed by atoms with Crippen LogP contribution in [0.5, 0.6) is 0 Å². The molecule has 0 spiro atoms. The van der Waals surface area contributed by atoms with Crippen LogP contribution in [0.25, 0.3) is 0 Å². The van der Waals surface area contributed by atoms with Crippen LogP contribution in [0.2, 0.25) is 0 Å². The van der Waals surface area contributed by atoms with E-state index in [1.807, 2.05) is 0 Å². The summed E-state index contributed by atoms with van der Waals surface area (Å²) >= 11 is 0. The molecule has 0 aliphatic rings. The molecule has 0 fully saturated rings. The summed E-state index contributed by atoms with van der Waals surface area (Å²) in [5, 5.41) is 0. The zero-order chi connectivity index (χ0) is 18.4. The molecule has 25 heavy (non-hydrogen) atoms. The molecule has 9 heteroatoms. The fraction of sp³-hybridized carbons (Fsp3) is 0.250. The van der Waals surface area contributed by atoms with Gasteiger partial charge in [0, 0.05) is 32.7 Å². The Hall–Kier alpha value is -0.636. The van der Waals surface area contributed by atoms with E-state index in [1.54, 1.807) is 44.2 Å². The predicted octanol–water partition coefficient (Wildman–Crippen LogP) is 2.31. The first-order valence-electron chi connectivity index (χ1n) is 6.75. The molecule has 1 radical (unpaired) electrons. The third-order valence-electron chi connectivity index (χ3n) is 3.05. The van der Waals surface area contributed by atoms with Crippen LogP contribution in [0.1, 0.15) is 16.7 Å². The molecule has 0 amide bonds. The molecular formula is C16H18O6S2Y-2. The summed E-state index contributed by atoms with van der Waals surface area (Å²) in [6.45, 7) is 3.49. The molecule has 2 rings (SSSR count). The van der Waals surface area contributed by atoms with Gasteiger partial charge in [0.1, 0.15) is 0 Å². The van der Waals surface area contributed by atoms with Crippen molar-refractivity contribution in [3.63, 3.8) is 0 Å². The number of benzene rings is 2. The van der Waals surface area contributed by atoms with Gasteiger partial charge in [-0.1, -0.05) is 13.8 Å². The Labute approximate surface area is 174 Å². The van der Waals surface area contributed by atoms with Crippen LogP contribution in [0.3, 0.4) is 0 Å². The fourth-order valence-corrected chi connectivity index (χ4v) is 3.31. The first-order valence-corrected chi connectivity index (χ1v) is 9.76. The van der Waals surface area contributed by atoms with Gasteiger partial charge in [-0.05, 0) is 4.90 Å². The van der Waals surface area contributed by atoms with Gasteiger partial charge in [-0.25, -0.2) is 16.8 Å². The van der Waals surface area contributed by atoms with Gasteiger partial charge >= 0.3 is 0 Å². The first-order chi connectivity index (χ1) is 11.1. The summed E-state index contributed by atoms with van der Waals surface area (Å²) in [4.78, 5) is 0.174. The van der Waals surface area contributed by atoms with Crippen LogP contribution in [0.15, 0.2) is 41.3 Å². The van der Waals surface area contributed by atoms with Gasteiger partial charge in [0.05, 0.1) is 12.9 Å². The van der Waals surface area contributed by atoms with Crippen molar-refractivity contribution in [3.8, 4) is 0 Å². The van der Waals surface area contributed by atoms with E-state index in [0.717, 1.165) is 12.7 Å². The third-order valence-corrected chi connectivity index (χ3v) is 5.15. The third kappa shape index (κ3) is 8.53. The van der Waals surface area contributed by atoms with Gasteiger partial charge < -0.3 is 0 Å². The van der Waals surface area contributed by atoms with E-state index in [1.165, 1.54) is 6.07 Å². The van der Waals surface area contributed by atoms with E-state index in [0.29, 0.717) is 11.1 Å². The molecule has 0 saturated heterocycles. The van der Waals surface area contributed by atoms with Crippen LogP contribution in [-0.2, 0) is 62.9 Å². The fourth-order valence-electron chi connectivity index (χ4n) is 1.75. The van der Waals surface area contributed by atoms with E-state index in [2.05, 4.69) is 16.3 Å². The first kappa shape index (κ1) is 24.4. The van der Waals surface area contributed by atoms with Crippen molar-refractivity contribution in [2.24, 2.45) is 0 Å². The quantitative estimate of drug-likeness (QED) is 0.428. The van der Waals surface area contributed by atoms with Crippen LogP contribution in [0.4, 0.5) is 0 Å². The molecule has 0 aromatic heterocycles. The monoisotopic (exact) mass is 459 g/mol. The summed E-state index contributed by atoms with van der Waals surface area (Å²) in [5.74, 6) is -0.337. The van der Waals surface area contributed by atoms with Crippen LogP contribution in [0, 0.1) is 26.0 Å². The summed E-state index contributed by atoms with van der Waals surface area (Å²) in [5.41, 5.74) is 2.09. The number of hydrogen-bond acceptors (Lipinski definition) is 5. The summed E-state index contributed by atoms with van der Waals surface area (Å²) in [7, 11) is -6.34. The Bertz CT molecular complexity index is 892. The Morgan fingerprint density at radius 3 is 1.96 bits per heavy atom. The summed E-state index contributed by atoms with van der Waals surface area (Å²) in [6.07, 6.45) is 0. The number of rotatable bonds is 4. The van der Waals surface area contributed by atoms with Gasteiger partial charge in [-0.2, -0.15) is 54.1 Å². The Balaban J connectivity index is 0.000000443. The Morgan fingerprint density at radius 2 is 1.52 bits per heavy atom. The molecule has 0 heterocycles. The maximum absolute atomic E-state index is 11.2. The normalized spacial score (nSPS) is 11.0. The van der Waals surface area contributed by atoms with E-state index in [9.17, 15) is 16.8 Å². The van der Waals surface area contributed by atoms with Crippen molar-refractivity contribution in [2.45, 2.75) is 24.5 Å². The summed E-state index contributed by atoms with van der Waals surface area (Å²) in [6, 6.07) is 15.2. The van der Waals surface area contributed by atoms with Crippen LogP contribution in [-0.4, -0.2) is 28.5 Å². The molecule has 2 aromatic rings. The zero-order valence-electron chi connectivity index (χ0n) is 14.1. The van der Waals surface area contributed by atoms with E-state index < -0.39 is 20.2 Å². The minimum Gasteiger partial charge on any atom is -0.286 e. The van der Waals surface area contributed by atoms with Gasteiger partial charge in [0.25, 0.3) is 10.1 Å². The zero-order valence-corrected chi connectivity index (χ0v) is 18.5. The molecular weight excluding hydrogens is 441 g/mol. The van der Waals surface area contributed by atoms with Crippen molar-refractivity contribution in [2.75, 3.05) is 7.11 Å². The van der Waals surface area contributed by atoms with Gasteiger partial charge in [0.2, 0.25) is 10.1 Å². The molecule has 135 valence electrons. The van der Waals surface area contributed by atoms with Crippen LogP contribution >= 0.6 is 0 Å². The Morgan fingerprint density at radius 1 is 1.00 bits per heavy atom. The van der Waals surface area contributed by atoms with Crippen molar-refractivity contribution in [1.29, 1.82) is 0 Å². The number of hydrogen-bond donors (Lipinski definition) is 1. The average Bonchev–Trinajstić information content (AvgIpc) is 2.49. The van der Waals surface area contributed by atoms with E-state index in [4.69, 9.17) is 4.55 Å². The maximum Gasteiger partial charge on any atom is 0.258 e.